The molecule has 0 N–H and O–H groups in total. The summed E-state index contributed by atoms with van der Waals surface area (Å²) in [6.45, 7) is 0. The Kier molecular flexibility index (Phi) is 6.71. The van der Waals surface area contributed by atoms with Gasteiger partial charge in [0.05, 0.1) is 30.1 Å². The minimum Gasteiger partial charge on any atom is -0.493 e. The van der Waals surface area contributed by atoms with E-state index in [9.17, 15) is 14.4 Å². The fourth-order valence-corrected chi connectivity index (χ4v) is 5.21. The Morgan fingerprint density at radius 3 is 2.15 bits per heavy atom. The molecule has 8 nitrogen and oxygen atoms in total. The molecular formula is C31H23ClN2O6. The van der Waals surface area contributed by atoms with Gasteiger partial charge in [-0.1, -0.05) is 54.1 Å². The molecule has 2 fully saturated rings. The summed E-state index contributed by atoms with van der Waals surface area (Å²) in [5.74, 6) is -1.70. The van der Waals surface area contributed by atoms with E-state index in [-0.39, 0.29) is 11.7 Å². The molecule has 0 aromatic heterocycles. The van der Waals surface area contributed by atoms with Crippen LogP contribution in [0.1, 0.15) is 22.0 Å². The average Bonchev–Trinajstić information content (AvgIpc) is 3.50. The fourth-order valence-electron chi connectivity index (χ4n) is 5.08. The van der Waals surface area contributed by atoms with Crippen LogP contribution in [0.5, 0.6) is 11.5 Å². The fraction of sp³-hybridized carbons (Fsp3) is 0.129. The maximum Gasteiger partial charge on any atom is 0.343 e. The highest BCUT2D eigenvalue weighted by Crippen LogP contribution is 2.48. The van der Waals surface area contributed by atoms with Crippen molar-refractivity contribution in [1.82, 2.24) is 0 Å². The van der Waals surface area contributed by atoms with Gasteiger partial charge in [0.2, 0.25) is 5.91 Å². The SMILES string of the molecule is COc1cc([C@@H]2[C@@H]3C(=O)N(c4ccc(Cl)cc4)C(=O)[C@@H]3ON2c2ccccc2)ccc1OC(=O)c1ccccc1. The van der Waals surface area contributed by atoms with E-state index in [4.69, 9.17) is 25.9 Å². The lowest BCUT2D eigenvalue weighted by atomic mass is 9.90. The minimum atomic E-state index is -1.03. The van der Waals surface area contributed by atoms with Gasteiger partial charge in [-0.2, -0.15) is 0 Å². The zero-order valence-electron chi connectivity index (χ0n) is 21.3. The Labute approximate surface area is 235 Å². The molecule has 9 heteroatoms. The number of carbonyl (C=O) groups is 3. The van der Waals surface area contributed by atoms with E-state index in [0.29, 0.717) is 33.3 Å². The summed E-state index contributed by atoms with van der Waals surface area (Å²) in [6, 6.07) is 28.8. The van der Waals surface area contributed by atoms with Crippen molar-refractivity contribution in [3.05, 3.63) is 119 Å². The van der Waals surface area contributed by atoms with Crippen molar-refractivity contribution in [1.29, 1.82) is 0 Å². The summed E-state index contributed by atoms with van der Waals surface area (Å²) in [5.41, 5.74) is 2.14. The van der Waals surface area contributed by atoms with E-state index < -0.39 is 29.9 Å². The minimum absolute atomic E-state index is 0.221. The van der Waals surface area contributed by atoms with Crippen LogP contribution in [0.4, 0.5) is 11.4 Å². The molecule has 4 aromatic carbocycles. The number of fused-ring (bicyclic) bond motifs is 1. The van der Waals surface area contributed by atoms with Crippen molar-refractivity contribution < 1.29 is 28.7 Å². The van der Waals surface area contributed by atoms with Crippen LogP contribution in [0.2, 0.25) is 5.02 Å². The second-order valence-electron chi connectivity index (χ2n) is 9.31. The molecule has 200 valence electrons. The van der Waals surface area contributed by atoms with Crippen molar-refractivity contribution in [3.63, 3.8) is 0 Å². The number of esters is 1. The molecule has 0 bridgehead atoms. The van der Waals surface area contributed by atoms with Crippen molar-refractivity contribution in [2.45, 2.75) is 12.1 Å². The lowest BCUT2D eigenvalue weighted by Gasteiger charge is -2.29. The van der Waals surface area contributed by atoms with Crippen LogP contribution in [0.15, 0.2) is 103 Å². The first-order valence-corrected chi connectivity index (χ1v) is 12.9. The van der Waals surface area contributed by atoms with Crippen molar-refractivity contribution in [2.24, 2.45) is 5.92 Å². The van der Waals surface area contributed by atoms with Crippen LogP contribution in [0.25, 0.3) is 0 Å². The van der Waals surface area contributed by atoms with Gasteiger partial charge in [-0.05, 0) is 66.2 Å². The molecule has 3 atom stereocenters. The van der Waals surface area contributed by atoms with Gasteiger partial charge in [0.15, 0.2) is 17.6 Å². The van der Waals surface area contributed by atoms with Crippen LogP contribution in [0, 0.1) is 5.92 Å². The molecule has 2 aliphatic heterocycles. The molecule has 4 aromatic rings. The third kappa shape index (κ3) is 4.47. The highest BCUT2D eigenvalue weighted by Gasteiger charge is 2.60. The average molecular weight is 555 g/mol. The smallest absolute Gasteiger partial charge is 0.343 e. The zero-order valence-corrected chi connectivity index (χ0v) is 22.0. The molecule has 0 spiro atoms. The van der Waals surface area contributed by atoms with Gasteiger partial charge in [-0.3, -0.25) is 14.4 Å². The van der Waals surface area contributed by atoms with E-state index in [1.54, 1.807) is 71.8 Å². The van der Waals surface area contributed by atoms with Gasteiger partial charge in [0, 0.05) is 5.02 Å². The molecule has 0 saturated carbocycles. The lowest BCUT2D eigenvalue weighted by molar-refractivity contribution is -0.126. The molecule has 0 unspecified atom stereocenters. The number of ether oxygens (including phenoxy) is 2. The Morgan fingerprint density at radius 2 is 1.48 bits per heavy atom. The second kappa shape index (κ2) is 10.5. The topological polar surface area (TPSA) is 85.4 Å². The number of anilines is 2. The molecule has 2 amide bonds. The van der Waals surface area contributed by atoms with Gasteiger partial charge in [-0.15, -0.1) is 0 Å². The molecular weight excluding hydrogens is 532 g/mol. The van der Waals surface area contributed by atoms with E-state index >= 15 is 0 Å². The number of rotatable bonds is 6. The number of imide groups is 1. The van der Waals surface area contributed by atoms with Gasteiger partial charge >= 0.3 is 5.97 Å². The number of hydrogen-bond donors (Lipinski definition) is 0. The maximum absolute atomic E-state index is 13.8. The Bertz CT molecular complexity index is 1580. The van der Waals surface area contributed by atoms with Crippen LogP contribution in [-0.2, 0) is 14.4 Å². The number of nitrogens with zero attached hydrogens (tertiary/aromatic N) is 2. The number of hydrogen-bond acceptors (Lipinski definition) is 7. The standard InChI is InChI=1S/C31H23ClN2O6/c1-38-25-18-20(12-17-24(25)39-31(37)19-8-4-2-5-9-19)27-26-28(40-34(27)23-10-6-3-7-11-23)30(36)33(29(26)35)22-15-13-21(32)14-16-22/h2-18,26-28H,1H3/t26-,27+,28+/m0/s1. The van der Waals surface area contributed by atoms with Crippen LogP contribution >= 0.6 is 11.6 Å². The Balaban J connectivity index is 1.38. The molecule has 2 saturated heterocycles. The number of amides is 2. The number of benzene rings is 4. The first kappa shape index (κ1) is 25.6. The van der Waals surface area contributed by atoms with Gasteiger partial charge in [-0.25, -0.2) is 14.8 Å². The molecule has 0 radical (unpaired) electrons. The Hall–Kier alpha value is -4.66. The van der Waals surface area contributed by atoms with Crippen molar-refractivity contribution in [2.75, 3.05) is 17.1 Å². The largest absolute Gasteiger partial charge is 0.493 e. The number of halogens is 1. The number of hydroxylamine groups is 1. The summed E-state index contributed by atoms with van der Waals surface area (Å²) in [7, 11) is 1.47. The van der Waals surface area contributed by atoms with E-state index in [1.165, 1.54) is 7.11 Å². The van der Waals surface area contributed by atoms with Gasteiger partial charge < -0.3 is 9.47 Å². The van der Waals surface area contributed by atoms with E-state index in [2.05, 4.69) is 0 Å². The third-order valence-corrected chi connectivity index (χ3v) is 7.20. The predicted molar refractivity (Wildman–Crippen MR) is 148 cm³/mol. The lowest BCUT2D eigenvalue weighted by Crippen LogP contribution is -2.37. The summed E-state index contributed by atoms with van der Waals surface area (Å²) < 4.78 is 11.2. The monoisotopic (exact) mass is 554 g/mol. The van der Waals surface area contributed by atoms with Crippen molar-refractivity contribution in [3.8, 4) is 11.5 Å². The molecule has 6 rings (SSSR count). The second-order valence-corrected chi connectivity index (χ2v) is 9.75. The molecule has 2 heterocycles. The van der Waals surface area contributed by atoms with Gasteiger partial charge in [0.25, 0.3) is 5.91 Å². The van der Waals surface area contributed by atoms with E-state index in [1.807, 2.05) is 36.4 Å². The van der Waals surface area contributed by atoms with Crippen LogP contribution in [0.3, 0.4) is 0 Å². The highest BCUT2D eigenvalue weighted by atomic mass is 35.5. The Morgan fingerprint density at radius 1 is 0.800 bits per heavy atom. The molecule has 40 heavy (non-hydrogen) atoms. The van der Waals surface area contributed by atoms with Crippen molar-refractivity contribution >= 4 is 40.8 Å². The van der Waals surface area contributed by atoms with E-state index in [0.717, 1.165) is 4.90 Å². The van der Waals surface area contributed by atoms with Crippen LogP contribution < -0.4 is 19.4 Å². The quantitative estimate of drug-likeness (QED) is 0.174. The van der Waals surface area contributed by atoms with Gasteiger partial charge in [0.1, 0.15) is 5.92 Å². The van der Waals surface area contributed by atoms with Crippen LogP contribution in [-0.4, -0.2) is 31.0 Å². The first-order valence-electron chi connectivity index (χ1n) is 12.6. The number of para-hydroxylation sites is 1. The third-order valence-electron chi connectivity index (χ3n) is 6.95. The summed E-state index contributed by atoms with van der Waals surface area (Å²) in [5, 5.41) is 2.09. The summed E-state index contributed by atoms with van der Waals surface area (Å²) >= 11 is 6.02. The maximum atomic E-state index is 13.8. The summed E-state index contributed by atoms with van der Waals surface area (Å²) in [6.07, 6.45) is -1.03. The normalized spacial score (nSPS) is 20.0. The zero-order chi connectivity index (χ0) is 27.8. The number of methoxy groups -OCH3 is 1. The number of carbonyl (C=O) groups excluding carboxylic acids is 3. The predicted octanol–water partition coefficient (Wildman–Crippen LogP) is 5.62. The molecule has 0 aliphatic carbocycles. The molecule has 2 aliphatic rings. The highest BCUT2D eigenvalue weighted by molar-refractivity contribution is 6.31. The first-order chi connectivity index (χ1) is 19.5. The summed E-state index contributed by atoms with van der Waals surface area (Å²) in [4.78, 5) is 47.4.